The highest BCUT2D eigenvalue weighted by Gasteiger charge is 2.48. The van der Waals surface area contributed by atoms with Crippen LogP contribution in [-0.2, 0) is 11.4 Å². The molecular weight excluding hydrogens is 282 g/mol. The first kappa shape index (κ1) is 14.6. The Labute approximate surface area is 129 Å². The van der Waals surface area contributed by atoms with Crippen LogP contribution in [0.25, 0.3) is 0 Å². The van der Waals surface area contributed by atoms with Crippen molar-refractivity contribution in [1.29, 1.82) is 0 Å². The SMILES string of the molecule is Cc1ccccc1OCc1noc([C@H]2C[C@H]2C(=O)N(C)C)n1. The quantitative estimate of drug-likeness (QED) is 0.846. The van der Waals surface area contributed by atoms with Gasteiger partial charge in [0.05, 0.1) is 11.8 Å². The number of hydrogen-bond donors (Lipinski definition) is 0. The van der Waals surface area contributed by atoms with Crippen LogP contribution in [0.3, 0.4) is 0 Å². The van der Waals surface area contributed by atoms with E-state index in [0.717, 1.165) is 17.7 Å². The standard InChI is InChI=1S/C16H19N3O3/c1-10-6-4-5-7-13(10)21-9-14-17-15(22-18-14)11-8-12(11)16(20)19(2)3/h4-7,11-12H,8-9H2,1-3H3/t11-,12+/m0/s1. The average Bonchev–Trinajstić information content (AvgIpc) is 3.16. The first-order chi connectivity index (χ1) is 10.6. The Hall–Kier alpha value is -2.37. The van der Waals surface area contributed by atoms with Gasteiger partial charge in [-0.25, -0.2) is 0 Å². The lowest BCUT2D eigenvalue weighted by atomic mass is 10.2. The summed E-state index contributed by atoms with van der Waals surface area (Å²) in [5.74, 6) is 1.97. The van der Waals surface area contributed by atoms with Crippen LogP contribution in [0.15, 0.2) is 28.8 Å². The van der Waals surface area contributed by atoms with E-state index in [1.807, 2.05) is 31.2 Å². The van der Waals surface area contributed by atoms with Crippen LogP contribution in [0.2, 0.25) is 0 Å². The van der Waals surface area contributed by atoms with Gasteiger partial charge in [-0.1, -0.05) is 23.4 Å². The molecule has 6 heteroatoms. The third-order valence-electron chi connectivity index (χ3n) is 3.80. The zero-order valence-corrected chi connectivity index (χ0v) is 12.9. The highest BCUT2D eigenvalue weighted by atomic mass is 16.5. The lowest BCUT2D eigenvalue weighted by Crippen LogP contribution is -2.23. The van der Waals surface area contributed by atoms with Gasteiger partial charge < -0.3 is 14.2 Å². The first-order valence-corrected chi connectivity index (χ1v) is 7.28. The van der Waals surface area contributed by atoms with Gasteiger partial charge in [-0.15, -0.1) is 0 Å². The fourth-order valence-corrected chi connectivity index (χ4v) is 2.41. The molecule has 1 amide bonds. The molecule has 0 saturated heterocycles. The van der Waals surface area contributed by atoms with Crippen LogP contribution in [-0.4, -0.2) is 35.0 Å². The molecule has 0 unspecified atom stereocenters. The molecule has 1 aromatic heterocycles. The molecule has 3 rings (SSSR count). The number of aromatic nitrogens is 2. The van der Waals surface area contributed by atoms with Crippen LogP contribution in [0, 0.1) is 12.8 Å². The summed E-state index contributed by atoms with van der Waals surface area (Å²) in [6, 6.07) is 7.77. The van der Waals surface area contributed by atoms with E-state index in [9.17, 15) is 4.79 Å². The van der Waals surface area contributed by atoms with E-state index in [1.165, 1.54) is 0 Å². The predicted molar refractivity (Wildman–Crippen MR) is 79.4 cm³/mol. The van der Waals surface area contributed by atoms with Crippen LogP contribution in [0.1, 0.15) is 29.6 Å². The van der Waals surface area contributed by atoms with Crippen LogP contribution in [0.4, 0.5) is 0 Å². The van der Waals surface area contributed by atoms with E-state index in [4.69, 9.17) is 9.26 Å². The number of carbonyl (C=O) groups excluding carboxylic acids is 1. The van der Waals surface area contributed by atoms with E-state index in [1.54, 1.807) is 19.0 Å². The molecule has 2 atom stereocenters. The van der Waals surface area contributed by atoms with Crippen molar-refractivity contribution in [2.45, 2.75) is 25.9 Å². The molecular formula is C16H19N3O3. The second kappa shape index (κ2) is 5.79. The van der Waals surface area contributed by atoms with E-state index in [2.05, 4.69) is 10.1 Å². The summed E-state index contributed by atoms with van der Waals surface area (Å²) in [6.45, 7) is 2.24. The lowest BCUT2D eigenvalue weighted by Gasteiger charge is -2.08. The van der Waals surface area contributed by atoms with Gasteiger partial charge in [0.15, 0.2) is 6.61 Å². The van der Waals surface area contributed by atoms with Crippen molar-refractivity contribution in [2.24, 2.45) is 5.92 Å². The Kier molecular flexibility index (Phi) is 3.83. The molecule has 0 N–H and O–H groups in total. The number of rotatable bonds is 5. The molecule has 1 heterocycles. The Morgan fingerprint density at radius 1 is 1.41 bits per heavy atom. The van der Waals surface area contributed by atoms with Gasteiger partial charge in [0, 0.05) is 14.1 Å². The first-order valence-electron chi connectivity index (χ1n) is 7.28. The van der Waals surface area contributed by atoms with E-state index in [-0.39, 0.29) is 24.3 Å². The lowest BCUT2D eigenvalue weighted by molar-refractivity contribution is -0.130. The molecule has 0 bridgehead atoms. The van der Waals surface area contributed by atoms with Crippen molar-refractivity contribution in [1.82, 2.24) is 15.0 Å². The highest BCUT2D eigenvalue weighted by molar-refractivity contribution is 5.82. The summed E-state index contributed by atoms with van der Waals surface area (Å²) in [4.78, 5) is 17.8. The van der Waals surface area contributed by atoms with Gasteiger partial charge >= 0.3 is 0 Å². The molecule has 1 aliphatic carbocycles. The van der Waals surface area contributed by atoms with Gasteiger partial charge in [-0.3, -0.25) is 4.79 Å². The van der Waals surface area contributed by atoms with E-state index >= 15 is 0 Å². The van der Waals surface area contributed by atoms with Gasteiger partial charge in [-0.2, -0.15) is 4.98 Å². The molecule has 6 nitrogen and oxygen atoms in total. The molecule has 1 fully saturated rings. The maximum Gasteiger partial charge on any atom is 0.230 e. The fraction of sp³-hybridized carbons (Fsp3) is 0.438. The van der Waals surface area contributed by atoms with Crippen LogP contribution in [0.5, 0.6) is 5.75 Å². The second-order valence-electron chi connectivity index (χ2n) is 5.78. The Morgan fingerprint density at radius 3 is 2.91 bits per heavy atom. The smallest absolute Gasteiger partial charge is 0.230 e. The number of aryl methyl sites for hydroxylation is 1. The molecule has 116 valence electrons. The molecule has 0 radical (unpaired) electrons. The minimum atomic E-state index is -0.0272. The summed E-state index contributed by atoms with van der Waals surface area (Å²) >= 11 is 0. The Balaban J connectivity index is 1.59. The largest absolute Gasteiger partial charge is 0.485 e. The van der Waals surface area contributed by atoms with Crippen molar-refractivity contribution < 1.29 is 14.1 Å². The topological polar surface area (TPSA) is 68.5 Å². The monoisotopic (exact) mass is 301 g/mol. The number of carbonyl (C=O) groups is 1. The van der Waals surface area contributed by atoms with E-state index < -0.39 is 0 Å². The van der Waals surface area contributed by atoms with Crippen molar-refractivity contribution in [3.8, 4) is 5.75 Å². The number of ether oxygens (including phenoxy) is 1. The van der Waals surface area contributed by atoms with Crippen LogP contribution >= 0.6 is 0 Å². The number of hydrogen-bond acceptors (Lipinski definition) is 5. The molecule has 22 heavy (non-hydrogen) atoms. The molecule has 1 aromatic carbocycles. The van der Waals surface area contributed by atoms with Crippen molar-refractivity contribution >= 4 is 5.91 Å². The van der Waals surface area contributed by atoms with Crippen LogP contribution < -0.4 is 4.74 Å². The van der Waals surface area contributed by atoms with Gasteiger partial charge in [0.2, 0.25) is 17.6 Å². The minimum absolute atomic E-state index is 0.0272. The second-order valence-corrected chi connectivity index (χ2v) is 5.78. The third kappa shape index (κ3) is 2.95. The fourth-order valence-electron chi connectivity index (χ4n) is 2.41. The number of nitrogens with zero attached hydrogens (tertiary/aromatic N) is 3. The summed E-state index contributed by atoms with van der Waals surface area (Å²) in [7, 11) is 3.51. The molecule has 2 aromatic rings. The zero-order valence-electron chi connectivity index (χ0n) is 12.9. The summed E-state index contributed by atoms with van der Waals surface area (Å²) < 4.78 is 10.9. The van der Waals surface area contributed by atoms with Gasteiger partial charge in [0.1, 0.15) is 5.75 Å². The number of para-hydroxylation sites is 1. The number of amides is 1. The summed E-state index contributed by atoms with van der Waals surface area (Å²) in [5, 5.41) is 3.92. The maximum atomic E-state index is 11.9. The van der Waals surface area contributed by atoms with Gasteiger partial charge in [-0.05, 0) is 25.0 Å². The Morgan fingerprint density at radius 2 is 2.18 bits per heavy atom. The minimum Gasteiger partial charge on any atom is -0.485 e. The Bertz CT molecular complexity index is 681. The summed E-state index contributed by atoms with van der Waals surface area (Å²) in [6.07, 6.45) is 0.775. The average molecular weight is 301 g/mol. The van der Waals surface area contributed by atoms with E-state index in [0.29, 0.717) is 11.7 Å². The zero-order chi connectivity index (χ0) is 15.7. The maximum absolute atomic E-state index is 11.9. The van der Waals surface area contributed by atoms with Crippen molar-refractivity contribution in [3.05, 3.63) is 41.5 Å². The predicted octanol–water partition coefficient (Wildman–Crippen LogP) is 2.15. The van der Waals surface area contributed by atoms with Crippen molar-refractivity contribution in [3.63, 3.8) is 0 Å². The molecule has 0 aliphatic heterocycles. The molecule has 0 spiro atoms. The third-order valence-corrected chi connectivity index (χ3v) is 3.80. The molecule has 1 aliphatic rings. The highest BCUT2D eigenvalue weighted by Crippen LogP contribution is 2.47. The summed E-state index contributed by atoms with van der Waals surface area (Å²) in [5.41, 5.74) is 1.06. The molecule has 1 saturated carbocycles. The van der Waals surface area contributed by atoms with Gasteiger partial charge in [0.25, 0.3) is 0 Å². The number of benzene rings is 1. The normalized spacial score (nSPS) is 19.8. The van der Waals surface area contributed by atoms with Crippen molar-refractivity contribution in [2.75, 3.05) is 14.1 Å².